The van der Waals surface area contributed by atoms with Crippen LogP contribution in [0.2, 0.25) is 0 Å². The lowest BCUT2D eigenvalue weighted by molar-refractivity contribution is 0.558. The van der Waals surface area contributed by atoms with Crippen molar-refractivity contribution in [2.75, 3.05) is 6.54 Å². The molecule has 2 N–H and O–H groups in total. The Kier molecular flexibility index (Phi) is 2.62. The molecule has 0 saturated heterocycles. The molecule has 2 atom stereocenters. The van der Waals surface area contributed by atoms with Crippen molar-refractivity contribution in [1.82, 2.24) is 0 Å². The molecule has 1 fully saturated rings. The number of benzene rings is 1. The van der Waals surface area contributed by atoms with E-state index in [9.17, 15) is 0 Å². The van der Waals surface area contributed by atoms with Crippen molar-refractivity contribution in [2.24, 2.45) is 17.1 Å². The number of nitrogens with two attached hydrogens (primary N) is 1. The van der Waals surface area contributed by atoms with Gasteiger partial charge >= 0.3 is 0 Å². The zero-order chi connectivity index (χ0) is 12.1. The molecule has 16 heavy (non-hydrogen) atoms. The molecule has 0 aromatic heterocycles. The molecule has 0 heterocycles. The SMILES string of the molecule is Cc1cc(C)c([C@@H]2[C@@H](CN)C2(C)C)c(C)c1. The minimum Gasteiger partial charge on any atom is -0.330 e. The largest absolute Gasteiger partial charge is 0.330 e. The van der Waals surface area contributed by atoms with Gasteiger partial charge in [-0.25, -0.2) is 0 Å². The molecule has 88 valence electrons. The van der Waals surface area contributed by atoms with Crippen LogP contribution in [-0.4, -0.2) is 6.54 Å². The Bertz CT molecular complexity index is 394. The zero-order valence-electron chi connectivity index (χ0n) is 11.1. The second-order valence-electron chi connectivity index (χ2n) is 5.95. The van der Waals surface area contributed by atoms with E-state index in [2.05, 4.69) is 46.8 Å². The highest BCUT2D eigenvalue weighted by Crippen LogP contribution is 2.64. The van der Waals surface area contributed by atoms with Crippen molar-refractivity contribution in [2.45, 2.75) is 40.5 Å². The van der Waals surface area contributed by atoms with Crippen molar-refractivity contribution >= 4 is 0 Å². The second kappa shape index (κ2) is 3.59. The lowest BCUT2D eigenvalue weighted by Gasteiger charge is -2.12. The predicted octanol–water partition coefficient (Wildman–Crippen LogP) is 3.31. The maximum absolute atomic E-state index is 5.87. The molecule has 1 nitrogen and oxygen atoms in total. The lowest BCUT2D eigenvalue weighted by Crippen LogP contribution is -2.05. The Morgan fingerprint density at radius 2 is 1.62 bits per heavy atom. The van der Waals surface area contributed by atoms with E-state index in [0.29, 0.717) is 17.3 Å². The average Bonchev–Trinajstić information content (AvgIpc) is 2.66. The highest BCUT2D eigenvalue weighted by molar-refractivity contribution is 5.45. The molecular formula is C15H23N. The van der Waals surface area contributed by atoms with Crippen LogP contribution in [0.25, 0.3) is 0 Å². The Hall–Kier alpha value is -0.820. The third-order valence-corrected chi connectivity index (χ3v) is 4.35. The number of hydrogen-bond acceptors (Lipinski definition) is 1. The maximum Gasteiger partial charge on any atom is -0.00375 e. The Morgan fingerprint density at radius 3 is 2.00 bits per heavy atom. The average molecular weight is 217 g/mol. The van der Waals surface area contributed by atoms with Crippen LogP contribution < -0.4 is 5.73 Å². The summed E-state index contributed by atoms with van der Waals surface area (Å²) in [4.78, 5) is 0. The Labute approximate surface area is 99.0 Å². The molecule has 2 rings (SSSR count). The third-order valence-electron chi connectivity index (χ3n) is 4.35. The quantitative estimate of drug-likeness (QED) is 0.808. The van der Waals surface area contributed by atoms with E-state index in [0.717, 1.165) is 6.54 Å². The first-order valence-electron chi connectivity index (χ1n) is 6.17. The normalized spacial score (nSPS) is 26.9. The summed E-state index contributed by atoms with van der Waals surface area (Å²) in [5, 5.41) is 0. The van der Waals surface area contributed by atoms with Crippen LogP contribution in [0.3, 0.4) is 0 Å². The monoisotopic (exact) mass is 217 g/mol. The first-order valence-corrected chi connectivity index (χ1v) is 6.17. The Morgan fingerprint density at radius 1 is 1.12 bits per heavy atom. The van der Waals surface area contributed by atoms with Gasteiger partial charge in [0.25, 0.3) is 0 Å². The second-order valence-corrected chi connectivity index (χ2v) is 5.95. The van der Waals surface area contributed by atoms with E-state index >= 15 is 0 Å². The van der Waals surface area contributed by atoms with Gasteiger partial charge in [-0.15, -0.1) is 0 Å². The molecule has 0 spiro atoms. The minimum absolute atomic E-state index is 0.388. The highest BCUT2D eigenvalue weighted by Gasteiger charge is 2.57. The van der Waals surface area contributed by atoms with Gasteiger partial charge in [0.2, 0.25) is 0 Å². The lowest BCUT2D eigenvalue weighted by atomic mass is 9.93. The first kappa shape index (κ1) is 11.7. The smallest absolute Gasteiger partial charge is 0.00375 e. The van der Waals surface area contributed by atoms with E-state index in [4.69, 9.17) is 5.73 Å². The standard InChI is InChI=1S/C15H23N/c1-9-6-10(2)13(11(3)7-9)14-12(8-16)15(14,4)5/h6-7,12,14H,8,16H2,1-5H3/t12-,14+/m1/s1. The fourth-order valence-corrected chi connectivity index (χ4v) is 3.44. The molecule has 1 heteroatoms. The van der Waals surface area contributed by atoms with E-state index < -0.39 is 0 Å². The molecule has 1 aromatic carbocycles. The summed E-state index contributed by atoms with van der Waals surface area (Å²) in [6.07, 6.45) is 0. The Balaban J connectivity index is 2.44. The van der Waals surface area contributed by atoms with Crippen LogP contribution in [0, 0.1) is 32.1 Å². The molecule has 1 aliphatic carbocycles. The topological polar surface area (TPSA) is 26.0 Å². The zero-order valence-corrected chi connectivity index (χ0v) is 11.1. The van der Waals surface area contributed by atoms with E-state index in [1.54, 1.807) is 5.56 Å². The van der Waals surface area contributed by atoms with Crippen molar-refractivity contribution < 1.29 is 0 Å². The summed E-state index contributed by atoms with van der Waals surface area (Å²) >= 11 is 0. The maximum atomic E-state index is 5.87. The van der Waals surface area contributed by atoms with E-state index in [-0.39, 0.29) is 0 Å². The van der Waals surface area contributed by atoms with Crippen LogP contribution in [0.5, 0.6) is 0 Å². The molecule has 0 radical (unpaired) electrons. The molecule has 0 aliphatic heterocycles. The number of aryl methyl sites for hydroxylation is 3. The molecule has 1 aliphatic rings. The fourth-order valence-electron chi connectivity index (χ4n) is 3.44. The molecule has 1 saturated carbocycles. The van der Waals surface area contributed by atoms with Crippen LogP contribution >= 0.6 is 0 Å². The molecule has 1 aromatic rings. The molecule has 0 unspecified atom stereocenters. The van der Waals surface area contributed by atoms with Crippen LogP contribution in [0.15, 0.2) is 12.1 Å². The first-order chi connectivity index (χ1) is 7.39. The highest BCUT2D eigenvalue weighted by atomic mass is 14.7. The van der Waals surface area contributed by atoms with Crippen LogP contribution in [-0.2, 0) is 0 Å². The number of hydrogen-bond donors (Lipinski definition) is 1. The number of rotatable bonds is 2. The van der Waals surface area contributed by atoms with E-state index in [1.165, 1.54) is 16.7 Å². The van der Waals surface area contributed by atoms with E-state index in [1.807, 2.05) is 0 Å². The summed E-state index contributed by atoms with van der Waals surface area (Å²) in [6, 6.07) is 4.59. The summed E-state index contributed by atoms with van der Waals surface area (Å²) < 4.78 is 0. The molecule has 0 bridgehead atoms. The summed E-state index contributed by atoms with van der Waals surface area (Å²) in [7, 11) is 0. The summed E-state index contributed by atoms with van der Waals surface area (Å²) in [5.41, 5.74) is 12.0. The summed E-state index contributed by atoms with van der Waals surface area (Å²) in [6.45, 7) is 12.1. The fraction of sp³-hybridized carbons (Fsp3) is 0.600. The van der Waals surface area contributed by atoms with Crippen molar-refractivity contribution in [3.63, 3.8) is 0 Å². The van der Waals surface area contributed by atoms with Crippen LogP contribution in [0.4, 0.5) is 0 Å². The van der Waals surface area contributed by atoms with Gasteiger partial charge in [-0.2, -0.15) is 0 Å². The van der Waals surface area contributed by atoms with Gasteiger partial charge in [0.05, 0.1) is 0 Å². The van der Waals surface area contributed by atoms with Gasteiger partial charge in [-0.05, 0) is 61.3 Å². The minimum atomic E-state index is 0.388. The predicted molar refractivity (Wildman–Crippen MR) is 69.7 cm³/mol. The van der Waals surface area contributed by atoms with Crippen molar-refractivity contribution in [3.05, 3.63) is 34.4 Å². The van der Waals surface area contributed by atoms with Gasteiger partial charge in [0, 0.05) is 0 Å². The van der Waals surface area contributed by atoms with Gasteiger partial charge in [0.1, 0.15) is 0 Å². The van der Waals surface area contributed by atoms with Crippen molar-refractivity contribution in [1.29, 1.82) is 0 Å². The van der Waals surface area contributed by atoms with Crippen LogP contribution in [0.1, 0.15) is 42.0 Å². The van der Waals surface area contributed by atoms with Gasteiger partial charge in [-0.1, -0.05) is 31.5 Å². The molecule has 0 amide bonds. The van der Waals surface area contributed by atoms with Gasteiger partial charge < -0.3 is 5.73 Å². The van der Waals surface area contributed by atoms with Gasteiger partial charge in [0.15, 0.2) is 0 Å². The molecular weight excluding hydrogens is 194 g/mol. The van der Waals surface area contributed by atoms with Gasteiger partial charge in [-0.3, -0.25) is 0 Å². The summed E-state index contributed by atoms with van der Waals surface area (Å²) in [5.74, 6) is 1.32. The third kappa shape index (κ3) is 1.58. The van der Waals surface area contributed by atoms with Crippen molar-refractivity contribution in [3.8, 4) is 0 Å².